The molecule has 0 saturated carbocycles. The van der Waals surface area contributed by atoms with Gasteiger partial charge in [-0.15, -0.1) is 0 Å². The number of hydrogen-bond acceptors (Lipinski definition) is 3. The number of nitrogens with zero attached hydrogens (tertiary/aromatic N) is 1. The quantitative estimate of drug-likeness (QED) is 0.719. The van der Waals surface area contributed by atoms with Crippen molar-refractivity contribution in [2.75, 3.05) is 13.2 Å². The van der Waals surface area contributed by atoms with Gasteiger partial charge in [-0.05, 0) is 24.0 Å². The highest BCUT2D eigenvalue weighted by Crippen LogP contribution is 2.51. The highest BCUT2D eigenvalue weighted by atomic mass is 16.3. The molecule has 1 aromatic rings. The van der Waals surface area contributed by atoms with Crippen LogP contribution in [0.4, 0.5) is 0 Å². The number of aliphatic hydroxyl groups excluding tert-OH is 2. The third-order valence-corrected chi connectivity index (χ3v) is 3.95. The summed E-state index contributed by atoms with van der Waals surface area (Å²) < 4.78 is 0. The number of aliphatic hydroxyl groups is 2. The molecule has 0 bridgehead atoms. The van der Waals surface area contributed by atoms with Crippen LogP contribution in [-0.4, -0.2) is 39.7 Å². The van der Waals surface area contributed by atoms with Crippen LogP contribution in [0, 0.1) is 0 Å². The molecule has 4 heteroatoms. The van der Waals surface area contributed by atoms with Crippen LogP contribution in [0.5, 0.6) is 0 Å². The van der Waals surface area contributed by atoms with Crippen molar-refractivity contribution < 1.29 is 15.0 Å². The first kappa shape index (κ1) is 10.7. The molecule has 1 aliphatic heterocycles. The van der Waals surface area contributed by atoms with Gasteiger partial charge in [-0.25, -0.2) is 0 Å². The zero-order valence-corrected chi connectivity index (χ0v) is 9.47. The van der Waals surface area contributed by atoms with Gasteiger partial charge >= 0.3 is 0 Å². The lowest BCUT2D eigenvalue weighted by Gasteiger charge is -2.28. The van der Waals surface area contributed by atoms with Gasteiger partial charge in [0.2, 0.25) is 0 Å². The van der Waals surface area contributed by atoms with Crippen LogP contribution in [0.25, 0.3) is 0 Å². The second-order valence-electron chi connectivity index (χ2n) is 4.71. The summed E-state index contributed by atoms with van der Waals surface area (Å²) in [7, 11) is 0. The number of carbonyl (C=O) groups is 1. The van der Waals surface area contributed by atoms with E-state index in [-0.39, 0.29) is 12.5 Å². The molecule has 1 spiro atoms. The average Bonchev–Trinajstić information content (AvgIpc) is 2.91. The Kier molecular flexibility index (Phi) is 2.24. The summed E-state index contributed by atoms with van der Waals surface area (Å²) in [6.07, 6.45) is 0.691. The van der Waals surface area contributed by atoms with E-state index in [2.05, 4.69) is 0 Å². The van der Waals surface area contributed by atoms with Crippen LogP contribution in [0.1, 0.15) is 23.7 Å². The summed E-state index contributed by atoms with van der Waals surface area (Å²) in [6, 6.07) is 7.70. The Morgan fingerprint density at radius 3 is 2.94 bits per heavy atom. The Morgan fingerprint density at radius 2 is 2.18 bits per heavy atom. The Morgan fingerprint density at radius 1 is 1.41 bits per heavy atom. The number of fused-ring (bicyclic) bond motifs is 1. The van der Waals surface area contributed by atoms with E-state index in [1.54, 1.807) is 4.90 Å². The molecule has 1 heterocycles. The van der Waals surface area contributed by atoms with E-state index in [0.29, 0.717) is 13.0 Å². The van der Waals surface area contributed by atoms with Gasteiger partial charge in [0, 0.05) is 6.54 Å². The molecule has 2 N–H and O–H groups in total. The number of benzene rings is 1. The Bertz CT molecular complexity index is 473. The smallest absolute Gasteiger partial charge is 0.252 e. The first-order valence-corrected chi connectivity index (χ1v) is 5.90. The lowest BCUT2D eigenvalue weighted by molar-refractivity contribution is -0.115. The van der Waals surface area contributed by atoms with Crippen LogP contribution in [0.3, 0.4) is 0 Å². The van der Waals surface area contributed by atoms with Gasteiger partial charge in [0.05, 0.1) is 6.61 Å². The Balaban J connectivity index is 1.95. The highest BCUT2D eigenvalue weighted by molar-refractivity contribution is 6.03. The molecule has 1 saturated heterocycles. The predicted octanol–water partition coefficient (Wildman–Crippen LogP) is 0.239. The first-order valence-electron chi connectivity index (χ1n) is 5.90. The van der Waals surface area contributed by atoms with Crippen molar-refractivity contribution in [1.29, 1.82) is 0 Å². The van der Waals surface area contributed by atoms with Gasteiger partial charge in [-0.2, -0.15) is 0 Å². The molecular formula is C13H15NO3. The summed E-state index contributed by atoms with van der Waals surface area (Å²) in [4.78, 5) is 13.5. The van der Waals surface area contributed by atoms with E-state index < -0.39 is 11.6 Å². The molecule has 2 atom stereocenters. The molecule has 0 radical (unpaired) electrons. The van der Waals surface area contributed by atoms with Crippen molar-refractivity contribution in [3.8, 4) is 0 Å². The second kappa shape index (κ2) is 3.55. The van der Waals surface area contributed by atoms with Crippen molar-refractivity contribution in [2.24, 2.45) is 0 Å². The number of rotatable bonds is 2. The maximum absolute atomic E-state index is 11.9. The number of aryl methyl sites for hydroxylation is 1. The van der Waals surface area contributed by atoms with Crippen LogP contribution in [-0.2, 0) is 11.2 Å². The molecule has 2 unspecified atom stereocenters. The van der Waals surface area contributed by atoms with E-state index in [4.69, 9.17) is 5.11 Å². The maximum Gasteiger partial charge on any atom is 0.252 e. The molecule has 1 amide bonds. The van der Waals surface area contributed by atoms with E-state index in [0.717, 1.165) is 17.5 Å². The zero-order chi connectivity index (χ0) is 12.0. The molecule has 90 valence electrons. The topological polar surface area (TPSA) is 60.5 Å². The Labute approximate surface area is 99.5 Å². The molecule has 1 fully saturated rings. The number of carbonyl (C=O) groups excluding carboxylic acids is 1. The molecule has 4 nitrogen and oxygen atoms in total. The monoisotopic (exact) mass is 233 g/mol. The fourth-order valence-electron chi connectivity index (χ4n) is 2.98. The molecule has 1 aliphatic carbocycles. The summed E-state index contributed by atoms with van der Waals surface area (Å²) in [6.45, 7) is 0.264. The minimum atomic E-state index is -0.758. The SMILES string of the molecule is O=C1N(CCO)C12CCc1ccccc1C2O. The first-order chi connectivity index (χ1) is 8.21. The van der Waals surface area contributed by atoms with Gasteiger partial charge < -0.3 is 15.1 Å². The van der Waals surface area contributed by atoms with E-state index >= 15 is 0 Å². The largest absolute Gasteiger partial charge is 0.395 e. The van der Waals surface area contributed by atoms with Crippen molar-refractivity contribution in [3.05, 3.63) is 35.4 Å². The number of hydrogen-bond donors (Lipinski definition) is 2. The van der Waals surface area contributed by atoms with E-state index in [1.807, 2.05) is 24.3 Å². The molecule has 0 aromatic heterocycles. The van der Waals surface area contributed by atoms with Crippen molar-refractivity contribution >= 4 is 5.91 Å². The third kappa shape index (κ3) is 1.28. The summed E-state index contributed by atoms with van der Waals surface area (Å²) in [5, 5.41) is 19.3. The maximum atomic E-state index is 11.9. The normalized spacial score (nSPS) is 30.6. The fourth-order valence-corrected chi connectivity index (χ4v) is 2.98. The van der Waals surface area contributed by atoms with E-state index in [9.17, 15) is 9.90 Å². The van der Waals surface area contributed by atoms with Gasteiger partial charge in [0.1, 0.15) is 6.10 Å². The third-order valence-electron chi connectivity index (χ3n) is 3.95. The van der Waals surface area contributed by atoms with Gasteiger partial charge in [0.15, 0.2) is 5.54 Å². The number of amides is 1. The molecule has 17 heavy (non-hydrogen) atoms. The number of β-amino-alcohol motifs (C(OH)–C–C–N with tert-alkyl or cyclic N) is 1. The van der Waals surface area contributed by atoms with Crippen molar-refractivity contribution in [3.63, 3.8) is 0 Å². The van der Waals surface area contributed by atoms with Crippen LogP contribution in [0.2, 0.25) is 0 Å². The van der Waals surface area contributed by atoms with E-state index in [1.165, 1.54) is 0 Å². The van der Waals surface area contributed by atoms with Gasteiger partial charge in [-0.3, -0.25) is 4.79 Å². The average molecular weight is 233 g/mol. The Hall–Kier alpha value is -1.39. The predicted molar refractivity (Wildman–Crippen MR) is 61.3 cm³/mol. The van der Waals surface area contributed by atoms with Gasteiger partial charge in [0.25, 0.3) is 5.91 Å². The second-order valence-corrected chi connectivity index (χ2v) is 4.71. The van der Waals surface area contributed by atoms with Crippen molar-refractivity contribution in [1.82, 2.24) is 4.90 Å². The zero-order valence-electron chi connectivity index (χ0n) is 9.47. The molecular weight excluding hydrogens is 218 g/mol. The highest BCUT2D eigenvalue weighted by Gasteiger charge is 2.67. The minimum absolute atomic E-state index is 0.0337. The lowest BCUT2D eigenvalue weighted by atomic mass is 9.80. The van der Waals surface area contributed by atoms with Crippen LogP contribution in [0.15, 0.2) is 24.3 Å². The van der Waals surface area contributed by atoms with Gasteiger partial charge in [-0.1, -0.05) is 24.3 Å². The standard InChI is InChI=1S/C13H15NO3/c15-8-7-14-12(17)13(14)6-5-9-3-1-2-4-10(9)11(13)16/h1-4,11,15-16H,5-8H2. The van der Waals surface area contributed by atoms with Crippen LogP contribution < -0.4 is 0 Å². The summed E-state index contributed by atoms with van der Waals surface area (Å²) in [5.74, 6) is -0.0337. The minimum Gasteiger partial charge on any atom is -0.395 e. The summed E-state index contributed by atoms with van der Waals surface area (Å²) in [5.41, 5.74) is 1.22. The van der Waals surface area contributed by atoms with Crippen molar-refractivity contribution in [2.45, 2.75) is 24.5 Å². The lowest BCUT2D eigenvalue weighted by Crippen LogP contribution is -2.34. The molecule has 2 aliphatic rings. The molecule has 3 rings (SSSR count). The van der Waals surface area contributed by atoms with Crippen LogP contribution >= 0.6 is 0 Å². The molecule has 1 aromatic carbocycles. The summed E-state index contributed by atoms with van der Waals surface area (Å²) >= 11 is 0. The fraction of sp³-hybridized carbons (Fsp3) is 0.462.